The summed E-state index contributed by atoms with van der Waals surface area (Å²) in [7, 11) is -3.35. The molecular weight excluding hydrogens is 354 g/mol. The molecule has 0 radical (unpaired) electrons. The molecule has 7 heteroatoms. The average Bonchev–Trinajstić information content (AvgIpc) is 2.96. The van der Waals surface area contributed by atoms with Crippen LogP contribution in [0.1, 0.15) is 11.8 Å². The van der Waals surface area contributed by atoms with E-state index in [1.165, 1.54) is 15.6 Å². The third-order valence-electron chi connectivity index (χ3n) is 2.40. The van der Waals surface area contributed by atoms with E-state index in [1.54, 1.807) is 28.8 Å². The van der Waals surface area contributed by atoms with Crippen LogP contribution in [0.15, 0.2) is 37.6 Å². The normalized spacial score (nSPS) is 12.2. The molecule has 18 heavy (non-hydrogen) atoms. The lowest BCUT2D eigenvalue weighted by Gasteiger charge is -2.18. The molecule has 2 rings (SSSR count). The van der Waals surface area contributed by atoms with Crippen molar-refractivity contribution in [2.75, 3.05) is 6.54 Å². The molecule has 0 spiro atoms. The van der Waals surface area contributed by atoms with Crippen LogP contribution < -0.4 is 0 Å². The molecule has 2 aromatic rings. The van der Waals surface area contributed by atoms with Gasteiger partial charge in [-0.25, -0.2) is 8.42 Å². The molecule has 0 fully saturated rings. The van der Waals surface area contributed by atoms with Crippen molar-refractivity contribution in [3.05, 3.63) is 38.3 Å². The fraction of sp³-hybridized carbons (Fsp3) is 0.273. The van der Waals surface area contributed by atoms with Gasteiger partial charge in [-0.1, -0.05) is 13.0 Å². The Labute approximate surface area is 123 Å². The van der Waals surface area contributed by atoms with Crippen LogP contribution >= 0.6 is 38.6 Å². The van der Waals surface area contributed by atoms with Gasteiger partial charge in [-0.15, -0.1) is 22.7 Å². The summed E-state index contributed by atoms with van der Waals surface area (Å²) in [6, 6.07) is 7.28. The molecule has 0 atom stereocenters. The molecule has 98 valence electrons. The number of sulfonamides is 1. The van der Waals surface area contributed by atoms with Gasteiger partial charge in [0.25, 0.3) is 10.0 Å². The van der Waals surface area contributed by atoms with Crippen LogP contribution in [-0.4, -0.2) is 19.3 Å². The number of thiophene rings is 2. The maximum atomic E-state index is 12.4. The Hall–Kier alpha value is -0.210. The highest BCUT2D eigenvalue weighted by molar-refractivity contribution is 9.11. The topological polar surface area (TPSA) is 37.4 Å². The monoisotopic (exact) mass is 365 g/mol. The Morgan fingerprint density at radius 3 is 2.61 bits per heavy atom. The van der Waals surface area contributed by atoms with E-state index < -0.39 is 10.0 Å². The molecule has 0 bridgehead atoms. The number of rotatable bonds is 5. The summed E-state index contributed by atoms with van der Waals surface area (Å²) in [4.78, 5) is 1.03. The lowest BCUT2D eigenvalue weighted by molar-refractivity contribution is 0.428. The van der Waals surface area contributed by atoms with Crippen LogP contribution in [0.3, 0.4) is 0 Å². The van der Waals surface area contributed by atoms with Gasteiger partial charge in [-0.2, -0.15) is 4.31 Å². The molecule has 0 amide bonds. The third-order valence-corrected chi connectivity index (χ3v) is 7.31. The van der Waals surface area contributed by atoms with Crippen LogP contribution in [0.2, 0.25) is 0 Å². The van der Waals surface area contributed by atoms with E-state index in [2.05, 4.69) is 15.9 Å². The predicted octanol–water partition coefficient (Wildman–Crippen LogP) is 3.78. The molecule has 0 aliphatic heterocycles. The third kappa shape index (κ3) is 3.03. The van der Waals surface area contributed by atoms with Gasteiger partial charge in [-0.05, 0) is 39.5 Å². The first-order valence-electron chi connectivity index (χ1n) is 5.32. The van der Waals surface area contributed by atoms with E-state index in [0.29, 0.717) is 17.3 Å². The van der Waals surface area contributed by atoms with Crippen molar-refractivity contribution in [3.8, 4) is 0 Å². The molecule has 0 aliphatic rings. The van der Waals surface area contributed by atoms with Crippen molar-refractivity contribution in [3.63, 3.8) is 0 Å². The van der Waals surface area contributed by atoms with Crippen molar-refractivity contribution >= 4 is 48.6 Å². The van der Waals surface area contributed by atoms with Gasteiger partial charge in [0, 0.05) is 18.0 Å². The van der Waals surface area contributed by atoms with Gasteiger partial charge in [0.05, 0.1) is 3.79 Å². The second-order valence-electron chi connectivity index (χ2n) is 3.57. The van der Waals surface area contributed by atoms with Crippen LogP contribution in [0.25, 0.3) is 0 Å². The molecule has 0 N–H and O–H groups in total. The summed E-state index contributed by atoms with van der Waals surface area (Å²) in [6.07, 6.45) is 0. The Bertz CT molecular complexity index is 604. The predicted molar refractivity (Wildman–Crippen MR) is 79.6 cm³/mol. The van der Waals surface area contributed by atoms with Crippen molar-refractivity contribution in [2.45, 2.75) is 17.7 Å². The maximum absolute atomic E-state index is 12.4. The molecule has 0 aliphatic carbocycles. The second kappa shape index (κ2) is 5.83. The zero-order valence-corrected chi connectivity index (χ0v) is 13.7. The second-order valence-corrected chi connectivity index (χ2v) is 9.23. The number of halogens is 1. The largest absolute Gasteiger partial charge is 0.252 e. The average molecular weight is 366 g/mol. The first kappa shape index (κ1) is 14.2. The van der Waals surface area contributed by atoms with Crippen LogP contribution in [-0.2, 0) is 16.6 Å². The number of nitrogens with zero attached hydrogens (tertiary/aromatic N) is 1. The van der Waals surface area contributed by atoms with E-state index in [4.69, 9.17) is 0 Å². The summed E-state index contributed by atoms with van der Waals surface area (Å²) in [5.41, 5.74) is 0. The zero-order valence-electron chi connectivity index (χ0n) is 9.67. The molecule has 0 saturated heterocycles. The van der Waals surface area contributed by atoms with Crippen LogP contribution in [0, 0.1) is 0 Å². The molecule has 2 aromatic heterocycles. The van der Waals surface area contributed by atoms with E-state index in [-0.39, 0.29) is 0 Å². The smallest absolute Gasteiger partial charge is 0.206 e. The van der Waals surface area contributed by atoms with Crippen molar-refractivity contribution in [1.82, 2.24) is 4.31 Å². The summed E-state index contributed by atoms with van der Waals surface area (Å²) in [6.45, 7) is 2.75. The molecule has 3 nitrogen and oxygen atoms in total. The van der Waals surface area contributed by atoms with Gasteiger partial charge < -0.3 is 0 Å². The highest BCUT2D eigenvalue weighted by Gasteiger charge is 2.24. The minimum Gasteiger partial charge on any atom is -0.206 e. The summed E-state index contributed by atoms with van der Waals surface area (Å²) < 4.78 is 27.6. The van der Waals surface area contributed by atoms with Crippen LogP contribution in [0.4, 0.5) is 0 Å². The highest BCUT2D eigenvalue weighted by Crippen LogP contribution is 2.27. The minimum absolute atomic E-state index is 0.403. The molecule has 0 saturated carbocycles. The van der Waals surface area contributed by atoms with Gasteiger partial charge in [0.15, 0.2) is 0 Å². The zero-order chi connectivity index (χ0) is 13.2. The van der Waals surface area contributed by atoms with Crippen molar-refractivity contribution in [1.29, 1.82) is 0 Å². The van der Waals surface area contributed by atoms with E-state index in [9.17, 15) is 8.42 Å². The lowest BCUT2D eigenvalue weighted by atomic mass is 10.4. The summed E-state index contributed by atoms with van der Waals surface area (Å²) in [5.74, 6) is 0. The highest BCUT2D eigenvalue weighted by atomic mass is 79.9. The van der Waals surface area contributed by atoms with Gasteiger partial charge in [-0.3, -0.25) is 0 Å². The van der Waals surface area contributed by atoms with Gasteiger partial charge in [0.2, 0.25) is 0 Å². The minimum atomic E-state index is -3.35. The molecular formula is C11H12BrNO2S3. The van der Waals surface area contributed by atoms with Crippen molar-refractivity contribution in [2.24, 2.45) is 0 Å². The Balaban J connectivity index is 2.24. The first-order valence-corrected chi connectivity index (χ1v) is 9.25. The van der Waals surface area contributed by atoms with E-state index >= 15 is 0 Å². The number of hydrogen-bond donors (Lipinski definition) is 0. The lowest BCUT2D eigenvalue weighted by Crippen LogP contribution is -2.29. The first-order chi connectivity index (χ1) is 8.54. The fourth-order valence-corrected chi connectivity index (χ4v) is 5.67. The quantitative estimate of drug-likeness (QED) is 0.808. The SMILES string of the molecule is CCN(Cc1ccc(Br)s1)S(=O)(=O)c1cccs1. The maximum Gasteiger partial charge on any atom is 0.252 e. The van der Waals surface area contributed by atoms with Gasteiger partial charge in [0.1, 0.15) is 4.21 Å². The van der Waals surface area contributed by atoms with E-state index in [0.717, 1.165) is 8.66 Å². The summed E-state index contributed by atoms with van der Waals surface area (Å²) in [5, 5.41) is 1.78. The Morgan fingerprint density at radius 2 is 2.11 bits per heavy atom. The Morgan fingerprint density at radius 1 is 1.33 bits per heavy atom. The standard InChI is InChI=1S/C11H12BrNO2S3/c1-2-13(8-9-5-6-10(12)17-9)18(14,15)11-4-3-7-16-11/h3-7H,2,8H2,1H3. The number of hydrogen-bond acceptors (Lipinski definition) is 4. The van der Waals surface area contributed by atoms with Crippen LogP contribution in [0.5, 0.6) is 0 Å². The van der Waals surface area contributed by atoms with Gasteiger partial charge >= 0.3 is 0 Å². The summed E-state index contributed by atoms with van der Waals surface area (Å²) >= 11 is 6.20. The van der Waals surface area contributed by atoms with E-state index in [1.807, 2.05) is 19.1 Å². The van der Waals surface area contributed by atoms with Crippen molar-refractivity contribution < 1.29 is 8.42 Å². The fourth-order valence-electron chi connectivity index (χ4n) is 1.51. The molecule has 0 aromatic carbocycles. The molecule has 0 unspecified atom stereocenters. The molecule has 2 heterocycles. The Kier molecular flexibility index (Phi) is 4.60.